The zero-order valence-corrected chi connectivity index (χ0v) is 12.2. The number of hydrogen-bond donors (Lipinski definition) is 2. The molecule has 0 aromatic heterocycles. The number of nitrogens with one attached hydrogen (secondary N) is 1. The van der Waals surface area contributed by atoms with Gasteiger partial charge in [-0.1, -0.05) is 13.8 Å². The summed E-state index contributed by atoms with van der Waals surface area (Å²) in [5, 5.41) is 23.5. The van der Waals surface area contributed by atoms with Crippen LogP contribution in [0, 0.1) is 10.1 Å². The van der Waals surface area contributed by atoms with Crippen molar-refractivity contribution in [2.24, 2.45) is 0 Å². The second-order valence-electron chi connectivity index (χ2n) is 5.02. The Morgan fingerprint density at radius 3 is 2.60 bits per heavy atom. The van der Waals surface area contributed by atoms with Gasteiger partial charge in [0.1, 0.15) is 5.75 Å². The fourth-order valence-corrected chi connectivity index (χ4v) is 1.65. The summed E-state index contributed by atoms with van der Waals surface area (Å²) in [6.07, 6.45) is 1.52. The van der Waals surface area contributed by atoms with Gasteiger partial charge in [-0.3, -0.25) is 10.1 Å². The van der Waals surface area contributed by atoms with E-state index in [1.165, 1.54) is 12.1 Å². The number of nitro benzene ring substituents is 1. The van der Waals surface area contributed by atoms with E-state index in [2.05, 4.69) is 5.32 Å². The maximum atomic E-state index is 11.0. The highest BCUT2D eigenvalue weighted by Crippen LogP contribution is 2.28. The maximum Gasteiger partial charge on any atom is 0.275 e. The highest BCUT2D eigenvalue weighted by atomic mass is 16.6. The molecule has 2 N–H and O–H groups in total. The second-order valence-corrected chi connectivity index (χ2v) is 5.02. The Morgan fingerprint density at radius 2 is 2.10 bits per heavy atom. The van der Waals surface area contributed by atoms with Gasteiger partial charge >= 0.3 is 0 Å². The van der Waals surface area contributed by atoms with Crippen LogP contribution in [0.1, 0.15) is 33.6 Å². The van der Waals surface area contributed by atoms with Gasteiger partial charge in [-0.15, -0.1) is 0 Å². The van der Waals surface area contributed by atoms with Crippen LogP contribution in [0.15, 0.2) is 18.2 Å². The number of anilines is 1. The van der Waals surface area contributed by atoms with Crippen molar-refractivity contribution in [3.8, 4) is 5.75 Å². The lowest BCUT2D eigenvalue weighted by Gasteiger charge is -2.28. The summed E-state index contributed by atoms with van der Waals surface area (Å²) in [7, 11) is 0. The lowest BCUT2D eigenvalue weighted by molar-refractivity contribution is -0.384. The number of nitrogens with zero attached hydrogens (tertiary/aromatic N) is 1. The average Bonchev–Trinajstić information content (AvgIpc) is 2.44. The topological polar surface area (TPSA) is 84.6 Å². The third-order valence-corrected chi connectivity index (χ3v) is 3.15. The number of aliphatic hydroxyl groups is 1. The minimum atomic E-state index is -0.517. The quantitative estimate of drug-likeness (QED) is 0.565. The van der Waals surface area contributed by atoms with Crippen molar-refractivity contribution in [1.29, 1.82) is 0 Å². The van der Waals surface area contributed by atoms with Crippen molar-refractivity contribution >= 4 is 11.4 Å². The SMILES string of the molecule is CCCOc1cc(NC(C)(CC)CO)cc([N+](=O)[O-])c1. The number of non-ortho nitro benzene ring substituents is 1. The number of benzene rings is 1. The largest absolute Gasteiger partial charge is 0.493 e. The van der Waals surface area contributed by atoms with Gasteiger partial charge in [0.15, 0.2) is 0 Å². The Hall–Kier alpha value is -1.82. The van der Waals surface area contributed by atoms with E-state index in [1.54, 1.807) is 6.07 Å². The van der Waals surface area contributed by atoms with E-state index in [1.807, 2.05) is 20.8 Å². The van der Waals surface area contributed by atoms with Gasteiger partial charge in [0, 0.05) is 17.8 Å². The van der Waals surface area contributed by atoms with Crippen LogP contribution in [0.25, 0.3) is 0 Å². The first-order valence-corrected chi connectivity index (χ1v) is 6.75. The average molecular weight is 282 g/mol. The van der Waals surface area contributed by atoms with Crippen LogP contribution in [-0.2, 0) is 0 Å². The fourth-order valence-electron chi connectivity index (χ4n) is 1.65. The number of rotatable bonds is 8. The lowest BCUT2D eigenvalue weighted by atomic mass is 10.00. The predicted molar refractivity (Wildman–Crippen MR) is 78.3 cm³/mol. The summed E-state index contributed by atoms with van der Waals surface area (Å²) in [6, 6.07) is 4.57. The van der Waals surface area contributed by atoms with Crippen LogP contribution >= 0.6 is 0 Å². The number of ether oxygens (including phenoxy) is 1. The zero-order chi connectivity index (χ0) is 15.2. The normalized spacial score (nSPS) is 13.6. The summed E-state index contributed by atoms with van der Waals surface area (Å²) in [5.74, 6) is 0.458. The summed E-state index contributed by atoms with van der Waals surface area (Å²) < 4.78 is 5.46. The van der Waals surface area contributed by atoms with E-state index in [-0.39, 0.29) is 12.3 Å². The molecule has 1 unspecified atom stereocenters. The van der Waals surface area contributed by atoms with E-state index in [0.29, 0.717) is 24.5 Å². The van der Waals surface area contributed by atoms with Gasteiger partial charge in [-0.25, -0.2) is 0 Å². The van der Waals surface area contributed by atoms with Crippen LogP contribution in [0.2, 0.25) is 0 Å². The van der Waals surface area contributed by atoms with Crippen LogP contribution in [0.3, 0.4) is 0 Å². The lowest BCUT2D eigenvalue weighted by Crippen LogP contribution is -2.37. The monoisotopic (exact) mass is 282 g/mol. The van der Waals surface area contributed by atoms with E-state index in [9.17, 15) is 15.2 Å². The smallest absolute Gasteiger partial charge is 0.275 e. The molecule has 1 rings (SSSR count). The molecule has 0 aliphatic carbocycles. The first kappa shape index (κ1) is 16.2. The minimum Gasteiger partial charge on any atom is -0.493 e. The van der Waals surface area contributed by atoms with Gasteiger partial charge in [0.2, 0.25) is 0 Å². The maximum absolute atomic E-state index is 11.0. The summed E-state index contributed by atoms with van der Waals surface area (Å²) in [6.45, 7) is 6.22. The Bertz CT molecular complexity index is 458. The molecule has 0 aliphatic rings. The Labute approximate surface area is 118 Å². The fraction of sp³-hybridized carbons (Fsp3) is 0.571. The Balaban J connectivity index is 3.05. The Kier molecular flexibility index (Phi) is 5.76. The predicted octanol–water partition coefficient (Wildman–Crippen LogP) is 2.96. The van der Waals surface area contributed by atoms with E-state index < -0.39 is 10.5 Å². The van der Waals surface area contributed by atoms with E-state index in [4.69, 9.17) is 4.74 Å². The zero-order valence-electron chi connectivity index (χ0n) is 12.2. The summed E-state index contributed by atoms with van der Waals surface area (Å²) in [4.78, 5) is 10.5. The standard InChI is InChI=1S/C14H22N2O4/c1-4-6-20-13-8-11(7-12(9-13)16(18)19)15-14(3,5-2)10-17/h7-9,15,17H,4-6,10H2,1-3H3. The molecular weight excluding hydrogens is 260 g/mol. The van der Waals surface area contributed by atoms with Crippen molar-refractivity contribution in [1.82, 2.24) is 0 Å². The third-order valence-electron chi connectivity index (χ3n) is 3.15. The van der Waals surface area contributed by atoms with Crippen molar-refractivity contribution in [3.05, 3.63) is 28.3 Å². The molecule has 0 amide bonds. The molecule has 0 aliphatic heterocycles. The molecule has 0 spiro atoms. The molecule has 1 atom stereocenters. The molecule has 0 fully saturated rings. The summed E-state index contributed by atoms with van der Waals surface area (Å²) >= 11 is 0. The van der Waals surface area contributed by atoms with Crippen LogP contribution < -0.4 is 10.1 Å². The molecule has 20 heavy (non-hydrogen) atoms. The van der Waals surface area contributed by atoms with Crippen LogP contribution in [-0.4, -0.2) is 28.8 Å². The van der Waals surface area contributed by atoms with Crippen molar-refractivity contribution in [2.75, 3.05) is 18.5 Å². The van der Waals surface area contributed by atoms with Gasteiger partial charge in [0.25, 0.3) is 5.69 Å². The highest BCUT2D eigenvalue weighted by molar-refractivity contribution is 5.57. The molecular formula is C14H22N2O4. The van der Waals surface area contributed by atoms with Crippen molar-refractivity contribution < 1.29 is 14.8 Å². The Morgan fingerprint density at radius 1 is 1.40 bits per heavy atom. The molecule has 6 nitrogen and oxygen atoms in total. The van der Waals surface area contributed by atoms with Gasteiger partial charge in [0.05, 0.1) is 29.7 Å². The molecule has 0 radical (unpaired) electrons. The number of hydrogen-bond acceptors (Lipinski definition) is 5. The first-order chi connectivity index (χ1) is 9.44. The van der Waals surface area contributed by atoms with Crippen LogP contribution in [0.4, 0.5) is 11.4 Å². The second kappa shape index (κ2) is 7.09. The van der Waals surface area contributed by atoms with Crippen molar-refractivity contribution in [2.45, 2.75) is 39.2 Å². The van der Waals surface area contributed by atoms with Gasteiger partial charge < -0.3 is 15.2 Å². The molecule has 0 saturated heterocycles. The molecule has 0 bridgehead atoms. The number of nitro groups is 1. The molecule has 112 valence electrons. The van der Waals surface area contributed by atoms with E-state index in [0.717, 1.165) is 6.42 Å². The van der Waals surface area contributed by atoms with Crippen molar-refractivity contribution in [3.63, 3.8) is 0 Å². The first-order valence-electron chi connectivity index (χ1n) is 6.75. The van der Waals surface area contributed by atoms with Gasteiger partial charge in [-0.05, 0) is 19.8 Å². The van der Waals surface area contributed by atoms with Gasteiger partial charge in [-0.2, -0.15) is 0 Å². The van der Waals surface area contributed by atoms with Crippen LogP contribution in [0.5, 0.6) is 5.75 Å². The molecule has 6 heteroatoms. The number of aliphatic hydroxyl groups excluding tert-OH is 1. The minimum absolute atomic E-state index is 0.0301. The highest BCUT2D eigenvalue weighted by Gasteiger charge is 2.22. The third kappa shape index (κ3) is 4.38. The summed E-state index contributed by atoms with van der Waals surface area (Å²) in [5.41, 5.74) is 0.0262. The molecule has 0 heterocycles. The van der Waals surface area contributed by atoms with E-state index >= 15 is 0 Å². The molecule has 0 saturated carbocycles. The molecule has 1 aromatic carbocycles. The molecule has 1 aromatic rings.